The summed E-state index contributed by atoms with van der Waals surface area (Å²) in [5, 5.41) is 0. The lowest BCUT2D eigenvalue weighted by atomic mass is 9.86. The average Bonchev–Trinajstić information content (AvgIpc) is 2.63. The molecule has 2 heteroatoms. The Morgan fingerprint density at radius 3 is 2.12 bits per heavy atom. The molecule has 0 aromatic heterocycles. The fourth-order valence-corrected chi connectivity index (χ4v) is 9.69. The Morgan fingerprint density at radius 1 is 0.875 bits per heavy atom. The van der Waals surface area contributed by atoms with Crippen molar-refractivity contribution in [3.05, 3.63) is 35.6 Å². The van der Waals surface area contributed by atoms with Gasteiger partial charge in [0.05, 0.1) is 0 Å². The van der Waals surface area contributed by atoms with Crippen LogP contribution in [0.4, 0.5) is 4.39 Å². The summed E-state index contributed by atoms with van der Waals surface area (Å²) in [6.45, 7) is 2.34. The number of halogens is 1. The van der Waals surface area contributed by atoms with Crippen LogP contribution >= 0.6 is 0 Å². The summed E-state index contributed by atoms with van der Waals surface area (Å²) >= 11 is 0. The third-order valence-electron chi connectivity index (χ3n) is 6.90. The molecule has 0 N–H and O–H groups in total. The molecular formula is C22H35FSi. The Bertz CT molecular complexity index is 467. The molecule has 1 saturated carbocycles. The van der Waals surface area contributed by atoms with Crippen LogP contribution in [0.15, 0.2) is 24.3 Å². The van der Waals surface area contributed by atoms with Gasteiger partial charge < -0.3 is 0 Å². The highest BCUT2D eigenvalue weighted by Crippen LogP contribution is 2.42. The van der Waals surface area contributed by atoms with Crippen molar-refractivity contribution in [2.24, 2.45) is 11.8 Å². The Hall–Kier alpha value is -0.633. The minimum Gasteiger partial charge on any atom is -0.207 e. The van der Waals surface area contributed by atoms with Gasteiger partial charge in [-0.3, -0.25) is 0 Å². The van der Waals surface area contributed by atoms with E-state index in [1.807, 2.05) is 12.1 Å². The van der Waals surface area contributed by atoms with Crippen molar-refractivity contribution in [2.45, 2.75) is 88.8 Å². The van der Waals surface area contributed by atoms with E-state index >= 15 is 0 Å². The van der Waals surface area contributed by atoms with E-state index in [2.05, 4.69) is 6.92 Å². The van der Waals surface area contributed by atoms with Crippen molar-refractivity contribution in [3.63, 3.8) is 0 Å². The van der Waals surface area contributed by atoms with Gasteiger partial charge in [-0.05, 0) is 47.9 Å². The number of benzene rings is 1. The maximum atomic E-state index is 13.0. The molecule has 0 nitrogen and oxygen atoms in total. The molecule has 134 valence electrons. The van der Waals surface area contributed by atoms with Gasteiger partial charge in [0, 0.05) is 8.80 Å². The van der Waals surface area contributed by atoms with Gasteiger partial charge in [0.25, 0.3) is 0 Å². The summed E-state index contributed by atoms with van der Waals surface area (Å²) in [6.07, 6.45) is 14.5. The molecule has 0 unspecified atom stereocenters. The molecule has 2 fully saturated rings. The van der Waals surface area contributed by atoms with Gasteiger partial charge >= 0.3 is 0 Å². The first kappa shape index (κ1) is 18.2. The normalized spacial score (nSPS) is 31.1. The standard InChI is InChI=1S/C22H35FSi/c1-2-3-18-8-12-22(13-9-18)24-16-14-20(15-17-24)5-4-19-6-10-21(23)11-7-19/h6-7,10-11,18,20,22,24H,2-5,8-9,12-17H2,1H3. The topological polar surface area (TPSA) is 0 Å². The molecule has 0 radical (unpaired) electrons. The quantitative estimate of drug-likeness (QED) is 0.499. The highest BCUT2D eigenvalue weighted by Gasteiger charge is 2.31. The third-order valence-corrected chi connectivity index (χ3v) is 11.1. The molecule has 24 heavy (non-hydrogen) atoms. The van der Waals surface area contributed by atoms with Gasteiger partial charge in [-0.1, -0.05) is 82.5 Å². The van der Waals surface area contributed by atoms with Crippen LogP contribution < -0.4 is 0 Å². The van der Waals surface area contributed by atoms with Crippen molar-refractivity contribution < 1.29 is 4.39 Å². The molecule has 1 aromatic carbocycles. The number of hydrogen-bond acceptors (Lipinski definition) is 0. The predicted octanol–water partition coefficient (Wildman–Crippen LogP) is 6.76. The van der Waals surface area contributed by atoms with Crippen molar-refractivity contribution >= 4 is 8.80 Å². The lowest BCUT2D eigenvalue weighted by Crippen LogP contribution is -2.29. The second-order valence-corrected chi connectivity index (χ2v) is 12.1. The molecule has 0 bridgehead atoms. The fourth-order valence-electron chi connectivity index (χ4n) is 5.33. The molecule has 0 amide bonds. The maximum absolute atomic E-state index is 13.0. The first-order valence-electron chi connectivity index (χ1n) is 10.5. The van der Waals surface area contributed by atoms with Gasteiger partial charge in [0.1, 0.15) is 5.82 Å². The summed E-state index contributed by atoms with van der Waals surface area (Å²) in [5.74, 6) is 1.89. The highest BCUT2D eigenvalue weighted by atomic mass is 28.3. The fraction of sp³-hybridized carbons (Fsp3) is 0.727. The first-order chi connectivity index (χ1) is 11.7. The highest BCUT2D eigenvalue weighted by molar-refractivity contribution is 6.60. The molecule has 2 aliphatic rings. The second kappa shape index (κ2) is 9.17. The Balaban J connectivity index is 1.36. The van der Waals surface area contributed by atoms with Crippen LogP contribution in [0.5, 0.6) is 0 Å². The first-order valence-corrected chi connectivity index (χ1v) is 12.8. The SMILES string of the molecule is CCCC1CCC([SiH]2CCC(CCc3ccc(F)cc3)CC2)CC1. The number of aryl methyl sites for hydroxylation is 1. The zero-order valence-corrected chi connectivity index (χ0v) is 16.6. The predicted molar refractivity (Wildman–Crippen MR) is 105 cm³/mol. The summed E-state index contributed by atoms with van der Waals surface area (Å²) in [4.78, 5) is 0. The second-order valence-electron chi connectivity index (χ2n) is 8.52. The van der Waals surface area contributed by atoms with Crippen LogP contribution in [0, 0.1) is 17.7 Å². The number of rotatable bonds is 6. The van der Waals surface area contributed by atoms with Crippen LogP contribution in [-0.4, -0.2) is 8.80 Å². The molecule has 3 rings (SSSR count). The molecular weight excluding hydrogens is 311 g/mol. The third kappa shape index (κ3) is 5.18. The minimum atomic E-state index is -0.448. The zero-order chi connectivity index (χ0) is 16.8. The Morgan fingerprint density at radius 2 is 1.50 bits per heavy atom. The molecule has 1 heterocycles. The molecule has 1 saturated heterocycles. The van der Waals surface area contributed by atoms with Crippen LogP contribution in [0.25, 0.3) is 0 Å². The van der Waals surface area contributed by atoms with Gasteiger partial charge in [0.2, 0.25) is 0 Å². The van der Waals surface area contributed by atoms with E-state index in [1.54, 1.807) is 37.1 Å². The monoisotopic (exact) mass is 346 g/mol. The van der Waals surface area contributed by atoms with E-state index in [4.69, 9.17) is 0 Å². The van der Waals surface area contributed by atoms with Crippen molar-refractivity contribution in [1.29, 1.82) is 0 Å². The van der Waals surface area contributed by atoms with Crippen molar-refractivity contribution in [3.8, 4) is 0 Å². The van der Waals surface area contributed by atoms with Gasteiger partial charge in [-0.15, -0.1) is 0 Å². The Kier molecular flexibility index (Phi) is 6.94. The van der Waals surface area contributed by atoms with Crippen LogP contribution in [-0.2, 0) is 6.42 Å². The summed E-state index contributed by atoms with van der Waals surface area (Å²) in [6, 6.07) is 10.4. The van der Waals surface area contributed by atoms with Crippen molar-refractivity contribution in [1.82, 2.24) is 0 Å². The van der Waals surface area contributed by atoms with Crippen LogP contribution in [0.1, 0.15) is 70.3 Å². The lowest BCUT2D eigenvalue weighted by molar-refractivity contribution is 0.330. The van der Waals surface area contributed by atoms with Crippen LogP contribution in [0.3, 0.4) is 0 Å². The molecule has 1 aromatic rings. The summed E-state index contributed by atoms with van der Waals surface area (Å²) in [5.41, 5.74) is 2.49. The Labute approximate surface area is 149 Å². The van der Waals surface area contributed by atoms with E-state index in [0.29, 0.717) is 0 Å². The van der Waals surface area contributed by atoms with E-state index in [1.165, 1.54) is 56.1 Å². The van der Waals surface area contributed by atoms with E-state index in [0.717, 1.165) is 18.3 Å². The van der Waals surface area contributed by atoms with E-state index in [-0.39, 0.29) is 5.82 Å². The smallest absolute Gasteiger partial charge is 0.123 e. The van der Waals surface area contributed by atoms with E-state index in [9.17, 15) is 4.39 Å². The average molecular weight is 347 g/mol. The minimum absolute atomic E-state index is 0.112. The summed E-state index contributed by atoms with van der Waals surface area (Å²) in [7, 11) is -0.448. The van der Waals surface area contributed by atoms with Gasteiger partial charge in [-0.25, -0.2) is 4.39 Å². The maximum Gasteiger partial charge on any atom is 0.123 e. The van der Waals surface area contributed by atoms with Gasteiger partial charge in [0.15, 0.2) is 0 Å². The lowest BCUT2D eigenvalue weighted by Gasteiger charge is -2.37. The number of hydrogen-bond donors (Lipinski definition) is 0. The molecule has 0 spiro atoms. The van der Waals surface area contributed by atoms with Crippen LogP contribution in [0.2, 0.25) is 17.6 Å². The molecule has 0 atom stereocenters. The van der Waals surface area contributed by atoms with Gasteiger partial charge in [-0.2, -0.15) is 0 Å². The van der Waals surface area contributed by atoms with E-state index < -0.39 is 8.80 Å². The molecule has 1 aliphatic heterocycles. The largest absolute Gasteiger partial charge is 0.207 e. The zero-order valence-electron chi connectivity index (χ0n) is 15.5. The summed E-state index contributed by atoms with van der Waals surface area (Å²) < 4.78 is 13.0. The van der Waals surface area contributed by atoms with Crippen molar-refractivity contribution in [2.75, 3.05) is 0 Å². The molecule has 1 aliphatic carbocycles.